The summed E-state index contributed by atoms with van der Waals surface area (Å²) in [5.41, 5.74) is 2.58. The number of amides is 1. The molecule has 1 N–H and O–H groups in total. The zero-order valence-corrected chi connectivity index (χ0v) is 14.1. The van der Waals surface area contributed by atoms with Gasteiger partial charge >= 0.3 is 0 Å². The zero-order chi connectivity index (χ0) is 13.8. The third kappa shape index (κ3) is 3.79. The SMILES string of the molecule is CC(Br)c1ccccc1NC(=O)c1ccc(I)cc1. The van der Waals surface area contributed by atoms with Gasteiger partial charge in [-0.15, -0.1) is 0 Å². The summed E-state index contributed by atoms with van der Waals surface area (Å²) in [4.78, 5) is 12.4. The molecule has 0 fully saturated rings. The highest BCUT2D eigenvalue weighted by Crippen LogP contribution is 2.28. The second-order valence-corrected chi connectivity index (χ2v) is 6.78. The smallest absolute Gasteiger partial charge is 0.255 e. The second-order valence-electron chi connectivity index (χ2n) is 4.16. The van der Waals surface area contributed by atoms with Gasteiger partial charge in [-0.1, -0.05) is 34.1 Å². The summed E-state index contributed by atoms with van der Waals surface area (Å²) < 4.78 is 1.11. The molecule has 0 heterocycles. The van der Waals surface area contributed by atoms with Crippen molar-refractivity contribution < 1.29 is 4.79 Å². The molecular formula is C15H13BrINO. The van der Waals surface area contributed by atoms with Gasteiger partial charge in [-0.25, -0.2) is 0 Å². The number of benzene rings is 2. The molecule has 1 amide bonds. The van der Waals surface area contributed by atoms with E-state index in [1.165, 1.54) is 0 Å². The summed E-state index contributed by atoms with van der Waals surface area (Å²) in [5, 5.41) is 2.96. The number of nitrogens with one attached hydrogen (secondary N) is 1. The summed E-state index contributed by atoms with van der Waals surface area (Å²) in [6.45, 7) is 2.04. The number of para-hydroxylation sites is 1. The topological polar surface area (TPSA) is 29.1 Å². The number of rotatable bonds is 3. The van der Waals surface area contributed by atoms with Crippen molar-refractivity contribution in [3.05, 3.63) is 63.2 Å². The van der Waals surface area contributed by atoms with E-state index < -0.39 is 0 Å². The molecule has 4 heteroatoms. The lowest BCUT2D eigenvalue weighted by molar-refractivity contribution is 0.102. The Bertz CT molecular complexity index is 581. The Morgan fingerprint density at radius 1 is 1.16 bits per heavy atom. The minimum absolute atomic E-state index is 0.0861. The maximum Gasteiger partial charge on any atom is 0.255 e. The van der Waals surface area contributed by atoms with Gasteiger partial charge in [-0.3, -0.25) is 4.79 Å². The second kappa shape index (κ2) is 6.52. The van der Waals surface area contributed by atoms with E-state index in [-0.39, 0.29) is 10.7 Å². The molecule has 0 aliphatic carbocycles. The van der Waals surface area contributed by atoms with E-state index in [4.69, 9.17) is 0 Å². The van der Waals surface area contributed by atoms with Gasteiger partial charge in [0, 0.05) is 19.6 Å². The van der Waals surface area contributed by atoms with Crippen molar-refractivity contribution in [3.8, 4) is 0 Å². The Balaban J connectivity index is 2.22. The van der Waals surface area contributed by atoms with Crippen molar-refractivity contribution in [1.29, 1.82) is 0 Å². The van der Waals surface area contributed by atoms with Gasteiger partial charge in [0.05, 0.1) is 0 Å². The highest BCUT2D eigenvalue weighted by atomic mass is 127. The molecule has 98 valence electrons. The van der Waals surface area contributed by atoms with Crippen LogP contribution in [0, 0.1) is 3.57 Å². The first-order chi connectivity index (χ1) is 9.08. The fourth-order valence-electron chi connectivity index (χ4n) is 1.75. The van der Waals surface area contributed by atoms with Crippen molar-refractivity contribution in [3.63, 3.8) is 0 Å². The molecule has 2 rings (SSSR count). The van der Waals surface area contributed by atoms with Crippen LogP contribution in [0.2, 0.25) is 0 Å². The first-order valence-electron chi connectivity index (χ1n) is 5.88. The molecule has 0 aromatic heterocycles. The third-order valence-electron chi connectivity index (χ3n) is 2.74. The van der Waals surface area contributed by atoms with Crippen LogP contribution in [-0.2, 0) is 0 Å². The van der Waals surface area contributed by atoms with Crippen LogP contribution in [-0.4, -0.2) is 5.91 Å². The van der Waals surface area contributed by atoms with Crippen molar-refractivity contribution in [2.75, 3.05) is 5.32 Å². The van der Waals surface area contributed by atoms with Gasteiger partial charge in [-0.05, 0) is 65.4 Å². The molecule has 0 spiro atoms. The molecule has 2 nitrogen and oxygen atoms in total. The van der Waals surface area contributed by atoms with Gasteiger partial charge in [0.1, 0.15) is 0 Å². The lowest BCUT2D eigenvalue weighted by atomic mass is 10.1. The van der Waals surface area contributed by atoms with E-state index in [0.717, 1.165) is 14.8 Å². The van der Waals surface area contributed by atoms with Gasteiger partial charge in [0.15, 0.2) is 0 Å². The maximum absolute atomic E-state index is 12.2. The predicted octanol–water partition coefficient (Wildman–Crippen LogP) is 5.00. The average Bonchev–Trinajstić information content (AvgIpc) is 2.39. The fourth-order valence-corrected chi connectivity index (χ4v) is 2.51. The summed E-state index contributed by atoms with van der Waals surface area (Å²) >= 11 is 5.76. The van der Waals surface area contributed by atoms with E-state index >= 15 is 0 Å². The standard InChI is InChI=1S/C15H13BrINO/c1-10(16)13-4-2-3-5-14(13)18-15(19)11-6-8-12(17)9-7-11/h2-10H,1H3,(H,18,19). The summed E-state index contributed by atoms with van der Waals surface area (Å²) in [5.74, 6) is -0.0861. The number of halogens is 2. The molecule has 0 aliphatic heterocycles. The minimum Gasteiger partial charge on any atom is -0.322 e. The number of carbonyl (C=O) groups excluding carboxylic acids is 1. The zero-order valence-electron chi connectivity index (χ0n) is 10.4. The number of hydrogen-bond acceptors (Lipinski definition) is 1. The molecule has 2 aromatic carbocycles. The molecular weight excluding hydrogens is 417 g/mol. The van der Waals surface area contributed by atoms with Crippen LogP contribution >= 0.6 is 38.5 Å². The number of anilines is 1. The summed E-state index contributed by atoms with van der Waals surface area (Å²) in [6, 6.07) is 15.3. The molecule has 2 aromatic rings. The molecule has 0 radical (unpaired) electrons. The number of carbonyl (C=O) groups is 1. The third-order valence-corrected chi connectivity index (χ3v) is 3.96. The van der Waals surface area contributed by atoms with Crippen LogP contribution in [0.15, 0.2) is 48.5 Å². The van der Waals surface area contributed by atoms with E-state index in [1.54, 1.807) is 0 Å². The molecule has 0 bridgehead atoms. The van der Waals surface area contributed by atoms with E-state index in [2.05, 4.69) is 43.8 Å². The average molecular weight is 430 g/mol. The van der Waals surface area contributed by atoms with Crippen molar-refractivity contribution >= 4 is 50.1 Å². The lowest BCUT2D eigenvalue weighted by Crippen LogP contribution is -2.13. The van der Waals surface area contributed by atoms with Crippen molar-refractivity contribution in [2.24, 2.45) is 0 Å². The lowest BCUT2D eigenvalue weighted by Gasteiger charge is -2.12. The molecule has 0 aliphatic rings. The monoisotopic (exact) mass is 429 g/mol. The first kappa shape index (κ1) is 14.5. The maximum atomic E-state index is 12.2. The Hall–Kier alpha value is -0.880. The van der Waals surface area contributed by atoms with Crippen LogP contribution in [0.1, 0.15) is 27.7 Å². The van der Waals surface area contributed by atoms with Crippen LogP contribution in [0.5, 0.6) is 0 Å². The molecule has 0 saturated carbocycles. The van der Waals surface area contributed by atoms with Crippen molar-refractivity contribution in [1.82, 2.24) is 0 Å². The Morgan fingerprint density at radius 3 is 2.42 bits per heavy atom. The molecule has 1 unspecified atom stereocenters. The first-order valence-corrected chi connectivity index (χ1v) is 7.87. The van der Waals surface area contributed by atoms with Gasteiger partial charge in [0.25, 0.3) is 5.91 Å². The van der Waals surface area contributed by atoms with Crippen LogP contribution in [0.25, 0.3) is 0 Å². The van der Waals surface area contributed by atoms with E-state index in [1.807, 2.05) is 55.5 Å². The predicted molar refractivity (Wildman–Crippen MR) is 90.9 cm³/mol. The van der Waals surface area contributed by atoms with E-state index in [0.29, 0.717) is 5.56 Å². The van der Waals surface area contributed by atoms with Crippen LogP contribution < -0.4 is 5.32 Å². The summed E-state index contributed by atoms with van der Waals surface area (Å²) in [6.07, 6.45) is 0. The van der Waals surface area contributed by atoms with Crippen LogP contribution in [0.4, 0.5) is 5.69 Å². The van der Waals surface area contributed by atoms with Gasteiger partial charge in [-0.2, -0.15) is 0 Å². The molecule has 19 heavy (non-hydrogen) atoms. The molecule has 0 saturated heterocycles. The normalized spacial score (nSPS) is 11.9. The molecule has 1 atom stereocenters. The highest BCUT2D eigenvalue weighted by Gasteiger charge is 2.11. The van der Waals surface area contributed by atoms with E-state index in [9.17, 15) is 4.79 Å². The summed E-state index contributed by atoms with van der Waals surface area (Å²) in [7, 11) is 0. The quantitative estimate of drug-likeness (QED) is 0.539. The van der Waals surface area contributed by atoms with Crippen LogP contribution in [0.3, 0.4) is 0 Å². The Labute approximate surface area is 134 Å². The Morgan fingerprint density at radius 2 is 1.79 bits per heavy atom. The minimum atomic E-state index is -0.0861. The van der Waals surface area contributed by atoms with Crippen molar-refractivity contribution in [2.45, 2.75) is 11.8 Å². The van der Waals surface area contributed by atoms with Gasteiger partial charge < -0.3 is 5.32 Å². The highest BCUT2D eigenvalue weighted by molar-refractivity contribution is 14.1. The number of alkyl halides is 1. The number of hydrogen-bond donors (Lipinski definition) is 1. The fraction of sp³-hybridized carbons (Fsp3) is 0.133. The Kier molecular flexibility index (Phi) is 4.99. The largest absolute Gasteiger partial charge is 0.322 e. The van der Waals surface area contributed by atoms with Gasteiger partial charge in [0.2, 0.25) is 0 Å².